The highest BCUT2D eigenvalue weighted by molar-refractivity contribution is 6.81. The van der Waals surface area contributed by atoms with Crippen LogP contribution in [0.5, 0.6) is 28.7 Å². The summed E-state index contributed by atoms with van der Waals surface area (Å²) in [5.41, 5.74) is 3.01. The fraction of sp³-hybridized carbons (Fsp3) is 0.333. The zero-order valence-electron chi connectivity index (χ0n) is 31.0. The standard InChI is InChI=1S/C39H48O10Si2/c1-38(2,28-14-12-11-13-15-28)29-17-20-31(21-18-29)45-37(42)47-33-23-19-30(25-35(33)44-6)39(3,4)48-51(9,10)49-50(7,8)26-27-16-22-32(46-36(40)41)34(24-27)43-5/h11-25H,26H2,1-10H3,(H,40,41). The number of carbonyl (C=O) groups excluding carboxylic acids is 1. The summed E-state index contributed by atoms with van der Waals surface area (Å²) in [6.45, 7) is 16.4. The molecule has 12 heteroatoms. The smallest absolute Gasteiger partial charge is 0.493 e. The Balaban J connectivity index is 1.40. The Morgan fingerprint density at radius 1 is 0.647 bits per heavy atom. The number of hydrogen-bond donors (Lipinski definition) is 1. The summed E-state index contributed by atoms with van der Waals surface area (Å²) in [5.74, 6) is 1.38. The van der Waals surface area contributed by atoms with Crippen LogP contribution in [0.25, 0.3) is 0 Å². The summed E-state index contributed by atoms with van der Waals surface area (Å²) in [4.78, 5) is 23.8. The lowest BCUT2D eigenvalue weighted by Gasteiger charge is -2.39. The SMILES string of the molecule is COc1cc(C[Si](C)(C)O[Si](C)(C)OC(C)(C)c2ccc(OC(=O)Oc3ccc(C(C)(C)c4ccccc4)cc3)c(OC)c2)ccc1OC(=O)O. The van der Waals surface area contributed by atoms with Gasteiger partial charge in [-0.3, -0.25) is 0 Å². The van der Waals surface area contributed by atoms with Crippen LogP contribution in [0.4, 0.5) is 9.59 Å². The summed E-state index contributed by atoms with van der Waals surface area (Å²) in [5, 5.41) is 8.99. The van der Waals surface area contributed by atoms with E-state index < -0.39 is 34.8 Å². The molecule has 1 N–H and O–H groups in total. The van der Waals surface area contributed by atoms with Crippen molar-refractivity contribution in [1.29, 1.82) is 0 Å². The minimum atomic E-state index is -2.73. The van der Waals surface area contributed by atoms with E-state index in [0.29, 0.717) is 23.3 Å². The lowest BCUT2D eigenvalue weighted by atomic mass is 9.78. The Morgan fingerprint density at radius 3 is 1.80 bits per heavy atom. The molecule has 0 unspecified atom stereocenters. The molecule has 0 saturated carbocycles. The zero-order valence-corrected chi connectivity index (χ0v) is 33.0. The second-order valence-electron chi connectivity index (χ2n) is 14.2. The largest absolute Gasteiger partial charge is 0.519 e. The summed E-state index contributed by atoms with van der Waals surface area (Å²) in [6, 6.07) is 28.7. The van der Waals surface area contributed by atoms with E-state index in [-0.39, 0.29) is 16.9 Å². The molecular weight excluding hydrogens is 685 g/mol. The molecule has 4 aromatic carbocycles. The molecule has 0 fully saturated rings. The highest BCUT2D eigenvalue weighted by Gasteiger charge is 2.40. The lowest BCUT2D eigenvalue weighted by Crippen LogP contribution is -2.51. The molecular formula is C39H48O10Si2. The predicted octanol–water partition coefficient (Wildman–Crippen LogP) is 9.62. The Labute approximate surface area is 302 Å². The van der Waals surface area contributed by atoms with Gasteiger partial charge < -0.3 is 37.3 Å². The minimum Gasteiger partial charge on any atom is -0.493 e. The number of ether oxygens (including phenoxy) is 5. The van der Waals surface area contributed by atoms with E-state index in [4.69, 9.17) is 37.3 Å². The van der Waals surface area contributed by atoms with Gasteiger partial charge in [0.25, 0.3) is 0 Å². The molecule has 0 aliphatic rings. The summed E-state index contributed by atoms with van der Waals surface area (Å²) >= 11 is 0. The zero-order chi connectivity index (χ0) is 37.6. The van der Waals surface area contributed by atoms with Crippen LogP contribution in [0.1, 0.15) is 49.9 Å². The second kappa shape index (κ2) is 15.7. The molecule has 0 atom stereocenters. The molecule has 4 aromatic rings. The van der Waals surface area contributed by atoms with Gasteiger partial charge in [0.05, 0.1) is 19.8 Å². The molecule has 0 heterocycles. The molecule has 0 amide bonds. The van der Waals surface area contributed by atoms with Crippen molar-refractivity contribution >= 4 is 29.2 Å². The third kappa shape index (κ3) is 10.5. The second-order valence-corrected chi connectivity index (χ2v) is 21.9. The highest BCUT2D eigenvalue weighted by Crippen LogP contribution is 2.38. The van der Waals surface area contributed by atoms with Gasteiger partial charge in [-0.1, -0.05) is 68.4 Å². The van der Waals surface area contributed by atoms with Gasteiger partial charge in [-0.15, -0.1) is 0 Å². The molecule has 51 heavy (non-hydrogen) atoms. The fourth-order valence-electron chi connectivity index (χ4n) is 6.18. The molecule has 0 aliphatic carbocycles. The monoisotopic (exact) mass is 732 g/mol. The average Bonchev–Trinajstić information content (AvgIpc) is 3.04. The molecule has 0 radical (unpaired) electrons. The van der Waals surface area contributed by atoms with Crippen molar-refractivity contribution in [2.45, 2.75) is 70.9 Å². The van der Waals surface area contributed by atoms with Crippen LogP contribution in [0.2, 0.25) is 26.2 Å². The van der Waals surface area contributed by atoms with Crippen molar-refractivity contribution < 1.29 is 46.9 Å². The van der Waals surface area contributed by atoms with Crippen molar-refractivity contribution in [3.63, 3.8) is 0 Å². The van der Waals surface area contributed by atoms with Crippen LogP contribution in [0, 0.1) is 0 Å². The molecule has 0 spiro atoms. The topological polar surface area (TPSA) is 119 Å². The normalized spacial score (nSPS) is 12.2. The van der Waals surface area contributed by atoms with E-state index in [1.165, 1.54) is 19.8 Å². The molecule has 10 nitrogen and oxygen atoms in total. The van der Waals surface area contributed by atoms with Crippen LogP contribution in [0.15, 0.2) is 91.0 Å². The summed E-state index contributed by atoms with van der Waals surface area (Å²) in [6.07, 6.45) is -2.29. The summed E-state index contributed by atoms with van der Waals surface area (Å²) in [7, 11) is -2.11. The van der Waals surface area contributed by atoms with Crippen molar-refractivity contribution in [2.75, 3.05) is 14.2 Å². The van der Waals surface area contributed by atoms with E-state index in [9.17, 15) is 9.59 Å². The molecule has 0 saturated heterocycles. The fourth-order valence-corrected chi connectivity index (χ4v) is 14.5. The first-order valence-electron chi connectivity index (χ1n) is 16.6. The predicted molar refractivity (Wildman–Crippen MR) is 200 cm³/mol. The number of rotatable bonds is 14. The van der Waals surface area contributed by atoms with Crippen molar-refractivity contribution in [3.8, 4) is 28.7 Å². The summed E-state index contributed by atoms with van der Waals surface area (Å²) < 4.78 is 40.3. The number of carbonyl (C=O) groups is 2. The van der Waals surface area contributed by atoms with E-state index in [2.05, 4.69) is 39.1 Å². The third-order valence-electron chi connectivity index (χ3n) is 8.40. The van der Waals surface area contributed by atoms with Crippen molar-refractivity contribution in [3.05, 3.63) is 113 Å². The van der Waals surface area contributed by atoms with Gasteiger partial charge in [-0.05, 0) is 105 Å². The van der Waals surface area contributed by atoms with Gasteiger partial charge in [0.15, 0.2) is 31.3 Å². The van der Waals surface area contributed by atoms with Crippen molar-refractivity contribution in [1.82, 2.24) is 0 Å². The van der Waals surface area contributed by atoms with Crippen LogP contribution in [-0.4, -0.2) is 48.5 Å². The maximum absolute atomic E-state index is 12.8. The minimum absolute atomic E-state index is 0.131. The first-order valence-corrected chi connectivity index (χ1v) is 22.5. The van der Waals surface area contributed by atoms with Gasteiger partial charge in [-0.2, -0.15) is 0 Å². The van der Waals surface area contributed by atoms with Crippen LogP contribution in [-0.2, 0) is 25.6 Å². The Hall–Kier alpha value is -4.63. The van der Waals surface area contributed by atoms with E-state index in [0.717, 1.165) is 16.7 Å². The van der Waals surface area contributed by atoms with Gasteiger partial charge >= 0.3 is 20.9 Å². The van der Waals surface area contributed by atoms with E-state index >= 15 is 0 Å². The third-order valence-corrected chi connectivity index (χ3v) is 14.8. The van der Waals surface area contributed by atoms with Gasteiger partial charge in [0, 0.05) is 5.41 Å². The quantitative estimate of drug-likeness (QED) is 0.0763. The van der Waals surface area contributed by atoms with Gasteiger partial charge in [0.2, 0.25) is 0 Å². The molecule has 272 valence electrons. The van der Waals surface area contributed by atoms with Crippen LogP contribution in [0.3, 0.4) is 0 Å². The highest BCUT2D eigenvalue weighted by atomic mass is 28.4. The Morgan fingerprint density at radius 2 is 1.20 bits per heavy atom. The lowest BCUT2D eigenvalue weighted by molar-refractivity contribution is 0.0719. The number of carboxylic acid groups (broad SMARTS) is 1. The number of hydrogen-bond acceptors (Lipinski definition) is 9. The van der Waals surface area contributed by atoms with E-state index in [1.807, 2.05) is 69.4 Å². The maximum atomic E-state index is 12.8. The van der Waals surface area contributed by atoms with E-state index in [1.54, 1.807) is 36.4 Å². The number of benzene rings is 4. The van der Waals surface area contributed by atoms with Crippen molar-refractivity contribution in [2.24, 2.45) is 0 Å². The molecule has 4 rings (SSSR count). The first kappa shape index (κ1) is 39.2. The Kier molecular flexibility index (Phi) is 12.1. The van der Waals surface area contributed by atoms with Gasteiger partial charge in [-0.25, -0.2) is 9.59 Å². The number of methoxy groups -OCH3 is 2. The molecule has 0 bridgehead atoms. The Bertz CT molecular complexity index is 1820. The van der Waals surface area contributed by atoms with Gasteiger partial charge in [0.1, 0.15) is 5.75 Å². The molecule has 0 aromatic heterocycles. The molecule has 0 aliphatic heterocycles. The first-order chi connectivity index (χ1) is 23.8. The maximum Gasteiger partial charge on any atom is 0.519 e. The van der Waals surface area contributed by atoms with Crippen LogP contribution >= 0.6 is 0 Å². The van der Waals surface area contributed by atoms with Crippen LogP contribution < -0.4 is 23.7 Å². The average molecular weight is 733 g/mol.